The lowest BCUT2D eigenvalue weighted by atomic mass is 10.1. The largest absolute Gasteiger partial charge is 0.352 e. The van der Waals surface area contributed by atoms with Gasteiger partial charge in [-0.2, -0.15) is 5.10 Å². The van der Waals surface area contributed by atoms with Gasteiger partial charge in [0.2, 0.25) is 5.91 Å². The second-order valence-electron chi connectivity index (χ2n) is 3.20. The highest BCUT2D eigenvalue weighted by atomic mass is 16.1. The fraction of sp³-hybridized carbons (Fsp3) is 0.200. The molecule has 0 aliphatic carbocycles. The number of H-pyrrole nitrogens is 1. The normalized spacial score (nSPS) is 10.4. The number of aromatic nitrogens is 2. The predicted molar refractivity (Wildman–Crippen MR) is 53.6 cm³/mol. The SMILES string of the molecule is CC(=O)NCc1ccc2[nH]ncc2c1. The third-order valence-electron chi connectivity index (χ3n) is 2.05. The van der Waals surface area contributed by atoms with Crippen molar-refractivity contribution in [3.63, 3.8) is 0 Å². The van der Waals surface area contributed by atoms with E-state index in [2.05, 4.69) is 15.5 Å². The number of carbonyl (C=O) groups is 1. The Morgan fingerprint density at radius 1 is 1.57 bits per heavy atom. The average molecular weight is 189 g/mol. The number of hydrogen-bond acceptors (Lipinski definition) is 2. The molecule has 0 spiro atoms. The summed E-state index contributed by atoms with van der Waals surface area (Å²) in [5, 5.41) is 10.6. The zero-order chi connectivity index (χ0) is 9.97. The Bertz CT molecular complexity index is 461. The minimum Gasteiger partial charge on any atom is -0.352 e. The third kappa shape index (κ3) is 1.74. The average Bonchev–Trinajstić information content (AvgIpc) is 2.61. The lowest BCUT2D eigenvalue weighted by Gasteiger charge is -2.01. The van der Waals surface area contributed by atoms with E-state index in [0.717, 1.165) is 16.5 Å². The molecule has 0 saturated carbocycles. The number of amides is 1. The van der Waals surface area contributed by atoms with Crippen LogP contribution in [-0.4, -0.2) is 16.1 Å². The van der Waals surface area contributed by atoms with Crippen molar-refractivity contribution in [3.05, 3.63) is 30.0 Å². The van der Waals surface area contributed by atoms with Crippen LogP contribution < -0.4 is 5.32 Å². The van der Waals surface area contributed by atoms with E-state index in [1.807, 2.05) is 18.2 Å². The van der Waals surface area contributed by atoms with Crippen LogP contribution in [0.1, 0.15) is 12.5 Å². The Labute approximate surface area is 81.3 Å². The molecular formula is C10H11N3O. The van der Waals surface area contributed by atoms with E-state index in [-0.39, 0.29) is 5.91 Å². The van der Waals surface area contributed by atoms with E-state index in [1.54, 1.807) is 6.20 Å². The van der Waals surface area contributed by atoms with Gasteiger partial charge in [0.1, 0.15) is 0 Å². The van der Waals surface area contributed by atoms with Crippen LogP contribution in [0.2, 0.25) is 0 Å². The number of fused-ring (bicyclic) bond motifs is 1. The molecule has 2 N–H and O–H groups in total. The first-order chi connectivity index (χ1) is 6.75. The van der Waals surface area contributed by atoms with E-state index in [0.29, 0.717) is 6.54 Å². The molecule has 0 aliphatic heterocycles. The summed E-state index contributed by atoms with van der Waals surface area (Å²) in [5.74, 6) is -0.0164. The lowest BCUT2D eigenvalue weighted by Crippen LogP contribution is -2.18. The maximum absolute atomic E-state index is 10.7. The zero-order valence-corrected chi connectivity index (χ0v) is 7.87. The third-order valence-corrected chi connectivity index (χ3v) is 2.05. The molecule has 1 amide bonds. The Hall–Kier alpha value is -1.84. The highest BCUT2D eigenvalue weighted by molar-refractivity contribution is 5.78. The molecule has 0 bridgehead atoms. The van der Waals surface area contributed by atoms with Crippen molar-refractivity contribution < 1.29 is 4.79 Å². The second-order valence-corrected chi connectivity index (χ2v) is 3.20. The van der Waals surface area contributed by atoms with Gasteiger partial charge < -0.3 is 5.32 Å². The molecule has 1 heterocycles. The van der Waals surface area contributed by atoms with Crippen LogP contribution in [0.5, 0.6) is 0 Å². The summed E-state index contributed by atoms with van der Waals surface area (Å²) in [6.45, 7) is 2.08. The number of benzene rings is 1. The van der Waals surface area contributed by atoms with Crippen LogP contribution in [-0.2, 0) is 11.3 Å². The number of nitrogens with zero attached hydrogens (tertiary/aromatic N) is 1. The molecule has 2 rings (SSSR count). The molecule has 1 aromatic carbocycles. The first kappa shape index (κ1) is 8.74. The summed E-state index contributed by atoms with van der Waals surface area (Å²) < 4.78 is 0. The number of rotatable bonds is 2. The molecule has 72 valence electrons. The van der Waals surface area contributed by atoms with Gasteiger partial charge in [-0.25, -0.2) is 0 Å². The summed E-state index contributed by atoms with van der Waals surface area (Å²) in [4.78, 5) is 10.7. The van der Waals surface area contributed by atoms with Crippen LogP contribution in [0, 0.1) is 0 Å². The molecule has 0 radical (unpaired) electrons. The fourth-order valence-electron chi connectivity index (χ4n) is 1.33. The smallest absolute Gasteiger partial charge is 0.217 e. The van der Waals surface area contributed by atoms with Crippen molar-refractivity contribution in [2.45, 2.75) is 13.5 Å². The summed E-state index contributed by atoms with van der Waals surface area (Å²) in [7, 11) is 0. The quantitative estimate of drug-likeness (QED) is 0.745. The number of nitrogens with one attached hydrogen (secondary N) is 2. The van der Waals surface area contributed by atoms with Crippen molar-refractivity contribution in [1.82, 2.24) is 15.5 Å². The van der Waals surface area contributed by atoms with Gasteiger partial charge in [-0.1, -0.05) is 6.07 Å². The van der Waals surface area contributed by atoms with Gasteiger partial charge in [0.05, 0.1) is 11.7 Å². The standard InChI is InChI=1S/C10H11N3O/c1-7(14)11-5-8-2-3-10-9(4-8)6-12-13-10/h2-4,6H,5H2,1H3,(H,11,14)(H,12,13). The van der Waals surface area contributed by atoms with Gasteiger partial charge in [-0.15, -0.1) is 0 Å². The molecule has 0 aliphatic rings. The van der Waals surface area contributed by atoms with Gasteiger partial charge in [0.25, 0.3) is 0 Å². The molecule has 0 unspecified atom stereocenters. The minimum absolute atomic E-state index is 0.0164. The van der Waals surface area contributed by atoms with Crippen LogP contribution in [0.3, 0.4) is 0 Å². The highest BCUT2D eigenvalue weighted by Gasteiger charge is 1.98. The summed E-state index contributed by atoms with van der Waals surface area (Å²) in [5.41, 5.74) is 2.09. The van der Waals surface area contributed by atoms with Crippen molar-refractivity contribution in [2.75, 3.05) is 0 Å². The Balaban J connectivity index is 2.21. The molecule has 0 atom stereocenters. The van der Waals surface area contributed by atoms with E-state index >= 15 is 0 Å². The van der Waals surface area contributed by atoms with E-state index < -0.39 is 0 Å². The molecule has 0 fully saturated rings. The molecule has 0 saturated heterocycles. The van der Waals surface area contributed by atoms with Crippen LogP contribution in [0.4, 0.5) is 0 Å². The van der Waals surface area contributed by atoms with Crippen molar-refractivity contribution in [3.8, 4) is 0 Å². The van der Waals surface area contributed by atoms with E-state index in [4.69, 9.17) is 0 Å². The fourth-order valence-corrected chi connectivity index (χ4v) is 1.33. The molecule has 2 aromatic rings. The molecule has 4 nitrogen and oxygen atoms in total. The predicted octanol–water partition coefficient (Wildman–Crippen LogP) is 1.20. The van der Waals surface area contributed by atoms with Gasteiger partial charge in [0.15, 0.2) is 0 Å². The molecule has 1 aromatic heterocycles. The molecule has 14 heavy (non-hydrogen) atoms. The number of carbonyl (C=O) groups excluding carboxylic acids is 1. The van der Waals surface area contributed by atoms with Crippen molar-refractivity contribution in [1.29, 1.82) is 0 Å². The highest BCUT2D eigenvalue weighted by Crippen LogP contribution is 2.12. The van der Waals surface area contributed by atoms with Crippen LogP contribution >= 0.6 is 0 Å². The Kier molecular flexibility index (Phi) is 2.18. The Morgan fingerprint density at radius 2 is 2.43 bits per heavy atom. The van der Waals surface area contributed by atoms with Crippen molar-refractivity contribution >= 4 is 16.8 Å². The van der Waals surface area contributed by atoms with E-state index in [9.17, 15) is 4.79 Å². The van der Waals surface area contributed by atoms with E-state index in [1.165, 1.54) is 6.92 Å². The number of hydrogen-bond donors (Lipinski definition) is 2. The topological polar surface area (TPSA) is 57.8 Å². The van der Waals surface area contributed by atoms with Gasteiger partial charge >= 0.3 is 0 Å². The Morgan fingerprint density at radius 3 is 3.21 bits per heavy atom. The maximum Gasteiger partial charge on any atom is 0.217 e. The second kappa shape index (κ2) is 3.49. The summed E-state index contributed by atoms with van der Waals surface area (Å²) >= 11 is 0. The lowest BCUT2D eigenvalue weighted by molar-refractivity contribution is -0.119. The maximum atomic E-state index is 10.7. The van der Waals surface area contributed by atoms with Gasteiger partial charge in [-0.3, -0.25) is 9.89 Å². The monoisotopic (exact) mass is 189 g/mol. The minimum atomic E-state index is -0.0164. The van der Waals surface area contributed by atoms with Crippen LogP contribution in [0.25, 0.3) is 10.9 Å². The first-order valence-electron chi connectivity index (χ1n) is 4.42. The van der Waals surface area contributed by atoms with Crippen LogP contribution in [0.15, 0.2) is 24.4 Å². The number of aromatic amines is 1. The molecular weight excluding hydrogens is 178 g/mol. The summed E-state index contributed by atoms with van der Waals surface area (Å²) in [6, 6.07) is 5.94. The van der Waals surface area contributed by atoms with Gasteiger partial charge in [0, 0.05) is 18.9 Å². The zero-order valence-electron chi connectivity index (χ0n) is 7.87. The van der Waals surface area contributed by atoms with Gasteiger partial charge in [-0.05, 0) is 17.7 Å². The van der Waals surface area contributed by atoms with Crippen molar-refractivity contribution in [2.24, 2.45) is 0 Å². The summed E-state index contributed by atoms with van der Waals surface area (Å²) in [6.07, 6.45) is 1.77. The molecule has 4 heteroatoms. The first-order valence-corrected chi connectivity index (χ1v) is 4.42.